The average Bonchev–Trinajstić information content (AvgIpc) is 2.90. The monoisotopic (exact) mass is 396 g/mol. The van der Waals surface area contributed by atoms with Crippen LogP contribution in [-0.2, 0) is 11.2 Å². The lowest BCUT2D eigenvalue weighted by Gasteiger charge is -2.10. The molecular formula is C17H24N4O3S2. The topological polar surface area (TPSA) is 104 Å². The van der Waals surface area contributed by atoms with E-state index in [0.29, 0.717) is 21.3 Å². The highest BCUT2D eigenvalue weighted by Gasteiger charge is 2.20. The summed E-state index contributed by atoms with van der Waals surface area (Å²) < 4.78 is 0. The number of aromatic amines is 1. The van der Waals surface area contributed by atoms with E-state index in [1.807, 2.05) is 6.92 Å². The van der Waals surface area contributed by atoms with E-state index < -0.39 is 17.2 Å². The number of fused-ring (bicyclic) bond motifs is 1. The van der Waals surface area contributed by atoms with Crippen molar-refractivity contribution in [1.29, 1.82) is 0 Å². The molecule has 0 unspecified atom stereocenters. The molecule has 0 saturated heterocycles. The third-order valence-electron chi connectivity index (χ3n) is 4.21. The number of aryl methyl sites for hydroxylation is 1. The average molecular weight is 397 g/mol. The van der Waals surface area contributed by atoms with Crippen molar-refractivity contribution >= 4 is 45.3 Å². The van der Waals surface area contributed by atoms with Crippen molar-refractivity contribution < 1.29 is 9.59 Å². The molecule has 2 atom stereocenters. The molecular weight excluding hydrogens is 372 g/mol. The third kappa shape index (κ3) is 4.64. The number of thiophene rings is 1. The normalized spacial score (nSPS) is 13.4. The van der Waals surface area contributed by atoms with Crippen LogP contribution >= 0.6 is 23.1 Å². The molecule has 2 aromatic rings. The van der Waals surface area contributed by atoms with Crippen LogP contribution < -0.4 is 16.2 Å². The first kappa shape index (κ1) is 20.4. The van der Waals surface area contributed by atoms with Crippen LogP contribution in [0.2, 0.25) is 0 Å². The van der Waals surface area contributed by atoms with Crippen LogP contribution in [0.3, 0.4) is 0 Å². The number of hydrogen-bond donors (Lipinski definition) is 3. The molecule has 0 aliphatic carbocycles. The van der Waals surface area contributed by atoms with Gasteiger partial charge >= 0.3 is 6.03 Å². The minimum absolute atomic E-state index is 0.181. The first-order valence-corrected chi connectivity index (χ1v) is 10.2. The molecule has 7 nitrogen and oxygen atoms in total. The zero-order valence-corrected chi connectivity index (χ0v) is 17.2. The van der Waals surface area contributed by atoms with Gasteiger partial charge in [0.15, 0.2) is 5.16 Å². The Morgan fingerprint density at radius 1 is 1.35 bits per heavy atom. The van der Waals surface area contributed by atoms with E-state index in [0.717, 1.165) is 35.0 Å². The summed E-state index contributed by atoms with van der Waals surface area (Å²) in [5, 5.41) is 4.99. The van der Waals surface area contributed by atoms with Crippen molar-refractivity contribution in [2.75, 3.05) is 7.05 Å². The van der Waals surface area contributed by atoms with Gasteiger partial charge in [-0.05, 0) is 31.7 Å². The minimum Gasteiger partial charge on any atom is -0.341 e. The van der Waals surface area contributed by atoms with E-state index >= 15 is 0 Å². The van der Waals surface area contributed by atoms with Crippen molar-refractivity contribution in [2.45, 2.75) is 50.9 Å². The molecule has 9 heteroatoms. The van der Waals surface area contributed by atoms with Gasteiger partial charge in [0.2, 0.25) is 5.91 Å². The number of H-pyrrole nitrogens is 1. The quantitative estimate of drug-likeness (QED) is 0.514. The van der Waals surface area contributed by atoms with Gasteiger partial charge in [-0.1, -0.05) is 32.0 Å². The van der Waals surface area contributed by atoms with Gasteiger partial charge < -0.3 is 10.3 Å². The summed E-state index contributed by atoms with van der Waals surface area (Å²) in [5.74, 6) is 0.0466. The minimum atomic E-state index is -0.575. The molecule has 0 aliphatic heterocycles. The Hall–Kier alpha value is -1.87. The van der Waals surface area contributed by atoms with E-state index in [1.165, 1.54) is 18.4 Å². The molecule has 0 bridgehead atoms. The van der Waals surface area contributed by atoms with Gasteiger partial charge in [-0.15, -0.1) is 11.3 Å². The molecule has 0 radical (unpaired) electrons. The van der Waals surface area contributed by atoms with E-state index in [4.69, 9.17) is 0 Å². The van der Waals surface area contributed by atoms with Crippen molar-refractivity contribution in [1.82, 2.24) is 20.6 Å². The Kier molecular flexibility index (Phi) is 6.82. The Balaban J connectivity index is 2.27. The predicted molar refractivity (Wildman–Crippen MR) is 106 cm³/mol. The fourth-order valence-corrected chi connectivity index (χ4v) is 4.35. The fourth-order valence-electron chi connectivity index (χ4n) is 2.45. The first-order chi connectivity index (χ1) is 12.3. The van der Waals surface area contributed by atoms with Crippen LogP contribution in [0, 0.1) is 12.8 Å². The van der Waals surface area contributed by atoms with Crippen LogP contribution in [0.5, 0.6) is 0 Å². The second-order valence-electron chi connectivity index (χ2n) is 6.23. The summed E-state index contributed by atoms with van der Waals surface area (Å²) in [6.07, 6.45) is 1.90. The summed E-state index contributed by atoms with van der Waals surface area (Å²) in [6, 6.07) is -0.567. The van der Waals surface area contributed by atoms with Gasteiger partial charge in [-0.3, -0.25) is 14.9 Å². The lowest BCUT2D eigenvalue weighted by Crippen LogP contribution is -2.41. The van der Waals surface area contributed by atoms with E-state index in [1.54, 1.807) is 6.92 Å². The number of nitrogens with zero attached hydrogens (tertiary/aromatic N) is 1. The number of aromatic nitrogens is 2. The Bertz CT molecular complexity index is 875. The number of rotatable bonds is 6. The Morgan fingerprint density at radius 2 is 2.04 bits per heavy atom. The van der Waals surface area contributed by atoms with Crippen molar-refractivity contribution in [2.24, 2.45) is 5.92 Å². The highest BCUT2D eigenvalue weighted by molar-refractivity contribution is 8.00. The number of urea groups is 1. The molecule has 2 heterocycles. The zero-order chi connectivity index (χ0) is 19.4. The van der Waals surface area contributed by atoms with Crippen molar-refractivity contribution in [3.8, 4) is 0 Å². The van der Waals surface area contributed by atoms with Crippen molar-refractivity contribution in [3.05, 3.63) is 20.8 Å². The van der Waals surface area contributed by atoms with Gasteiger partial charge in [0.1, 0.15) is 4.83 Å². The molecule has 2 rings (SSSR count). The summed E-state index contributed by atoms with van der Waals surface area (Å²) >= 11 is 2.61. The lowest BCUT2D eigenvalue weighted by molar-refractivity contribution is -0.119. The molecule has 0 aliphatic rings. The maximum atomic E-state index is 12.6. The third-order valence-corrected chi connectivity index (χ3v) is 6.24. The number of carbonyl (C=O) groups excluding carboxylic acids is 2. The lowest BCUT2D eigenvalue weighted by atomic mass is 9.98. The molecule has 3 amide bonds. The molecule has 142 valence electrons. The fraction of sp³-hybridized carbons (Fsp3) is 0.529. The number of thioether (sulfide) groups is 1. The second-order valence-corrected chi connectivity index (χ2v) is 8.77. The standard InChI is InChI=1S/C17H24N4O3S2/c1-6-8(2)7-11-9(3)25-15-12(11)14(23)20-17(21-15)26-10(4)13(22)19-16(24)18-5/h8,10H,6-7H2,1-5H3,(H,20,21,23)(H2,18,19,22,24)/t8-,10-/m0/s1. The van der Waals surface area contributed by atoms with E-state index in [-0.39, 0.29) is 5.56 Å². The van der Waals surface area contributed by atoms with Crippen molar-refractivity contribution in [3.63, 3.8) is 0 Å². The molecule has 0 fully saturated rings. The van der Waals surface area contributed by atoms with Crippen LogP contribution in [0.4, 0.5) is 4.79 Å². The smallest absolute Gasteiger partial charge is 0.321 e. The largest absolute Gasteiger partial charge is 0.341 e. The molecule has 2 aromatic heterocycles. The predicted octanol–water partition coefficient (Wildman–Crippen LogP) is 2.82. The number of amides is 3. The molecule has 0 saturated carbocycles. The van der Waals surface area contributed by atoms with Gasteiger partial charge in [0.25, 0.3) is 5.56 Å². The summed E-state index contributed by atoms with van der Waals surface area (Å²) in [6.45, 7) is 7.97. The SMILES string of the molecule is CC[C@H](C)Cc1c(C)sc2nc(S[C@@H](C)C(=O)NC(=O)NC)[nH]c(=O)c12. The Labute approximate surface area is 160 Å². The van der Waals surface area contributed by atoms with Crippen LogP contribution in [0.15, 0.2) is 9.95 Å². The first-order valence-electron chi connectivity index (χ1n) is 8.48. The number of nitrogens with one attached hydrogen (secondary N) is 3. The number of hydrogen-bond acceptors (Lipinski definition) is 6. The zero-order valence-electron chi connectivity index (χ0n) is 15.6. The maximum absolute atomic E-state index is 12.6. The number of imide groups is 1. The highest BCUT2D eigenvalue weighted by Crippen LogP contribution is 2.31. The van der Waals surface area contributed by atoms with Crippen LogP contribution in [0.25, 0.3) is 10.2 Å². The molecule has 3 N–H and O–H groups in total. The van der Waals surface area contributed by atoms with E-state index in [2.05, 4.69) is 34.4 Å². The summed E-state index contributed by atoms with van der Waals surface area (Å²) in [5.41, 5.74) is 0.883. The Morgan fingerprint density at radius 3 is 2.65 bits per heavy atom. The highest BCUT2D eigenvalue weighted by atomic mass is 32.2. The van der Waals surface area contributed by atoms with Crippen LogP contribution in [0.1, 0.15) is 37.6 Å². The van der Waals surface area contributed by atoms with Gasteiger partial charge in [-0.25, -0.2) is 9.78 Å². The number of carbonyl (C=O) groups is 2. The molecule has 0 spiro atoms. The van der Waals surface area contributed by atoms with Gasteiger partial charge in [0.05, 0.1) is 10.6 Å². The molecule has 26 heavy (non-hydrogen) atoms. The van der Waals surface area contributed by atoms with Gasteiger partial charge in [0, 0.05) is 11.9 Å². The van der Waals surface area contributed by atoms with Crippen LogP contribution in [-0.4, -0.2) is 34.2 Å². The summed E-state index contributed by atoms with van der Waals surface area (Å²) in [4.78, 5) is 44.9. The maximum Gasteiger partial charge on any atom is 0.321 e. The van der Waals surface area contributed by atoms with E-state index in [9.17, 15) is 14.4 Å². The summed E-state index contributed by atoms with van der Waals surface area (Å²) in [7, 11) is 1.43. The molecule has 0 aromatic carbocycles. The second kappa shape index (κ2) is 8.68. The van der Waals surface area contributed by atoms with Gasteiger partial charge in [-0.2, -0.15) is 0 Å².